The van der Waals surface area contributed by atoms with Crippen molar-refractivity contribution in [2.45, 2.75) is 11.7 Å². The second kappa shape index (κ2) is 10.0. The number of benzene rings is 2. The molecule has 1 saturated heterocycles. The van der Waals surface area contributed by atoms with Crippen LogP contribution in [-0.4, -0.2) is 64.4 Å². The monoisotopic (exact) mass is 479 g/mol. The predicted molar refractivity (Wildman–Crippen MR) is 112 cm³/mol. The molecule has 4 amide bonds. The lowest BCUT2D eigenvalue weighted by Crippen LogP contribution is -2.48. The van der Waals surface area contributed by atoms with Gasteiger partial charge in [0.05, 0.1) is 0 Å². The normalized spacial score (nSPS) is 14.5. The fourth-order valence-corrected chi connectivity index (χ4v) is 3.05. The average molecular weight is 479 g/mol. The molecule has 1 aliphatic rings. The van der Waals surface area contributed by atoms with Gasteiger partial charge in [-0.15, -0.1) is 0 Å². The highest BCUT2D eigenvalue weighted by molar-refractivity contribution is 6.20. The molecule has 1 heterocycles. The summed E-state index contributed by atoms with van der Waals surface area (Å²) in [6.45, 7) is -0.367. The topological polar surface area (TPSA) is 157 Å². The van der Waals surface area contributed by atoms with Gasteiger partial charge in [-0.1, -0.05) is 60.7 Å². The van der Waals surface area contributed by atoms with Crippen molar-refractivity contribution >= 4 is 29.8 Å². The van der Waals surface area contributed by atoms with Gasteiger partial charge in [0, 0.05) is 7.05 Å². The van der Waals surface area contributed by atoms with Crippen molar-refractivity contribution < 1.29 is 37.5 Å². The van der Waals surface area contributed by atoms with Crippen LogP contribution < -0.4 is 11.1 Å². The maximum Gasteiger partial charge on any atom is 0.490 e. The van der Waals surface area contributed by atoms with Crippen molar-refractivity contribution in [1.29, 1.82) is 5.41 Å². The first-order valence-electron chi connectivity index (χ1n) is 9.48. The van der Waals surface area contributed by atoms with Gasteiger partial charge in [-0.25, -0.2) is 9.59 Å². The summed E-state index contributed by atoms with van der Waals surface area (Å²) in [5.41, 5.74) is 4.94. The Bertz CT molecular complexity index is 1050. The van der Waals surface area contributed by atoms with E-state index >= 15 is 0 Å². The molecular formula is C21H20F3N5O5. The maximum atomic E-state index is 13.3. The predicted octanol–water partition coefficient (Wildman–Crippen LogP) is 1.47. The molecule has 0 aliphatic carbocycles. The molecule has 34 heavy (non-hydrogen) atoms. The summed E-state index contributed by atoms with van der Waals surface area (Å²) in [6.07, 6.45) is -5.08. The minimum absolute atomic E-state index is 0.340. The van der Waals surface area contributed by atoms with E-state index in [9.17, 15) is 27.6 Å². The number of rotatable bonds is 4. The SMILES string of the molecule is CN(CC(=O)N1C(=O)NC(c2ccccc2)(c2ccccc2)C1=O)C(=N)N.O=C(O)C(F)(F)F. The summed E-state index contributed by atoms with van der Waals surface area (Å²) in [5, 5.41) is 17.2. The second-order valence-corrected chi connectivity index (χ2v) is 6.99. The Morgan fingerprint density at radius 1 is 1.06 bits per heavy atom. The number of imide groups is 3. The van der Waals surface area contributed by atoms with E-state index in [1.807, 2.05) is 0 Å². The lowest BCUT2D eigenvalue weighted by Gasteiger charge is -2.28. The first kappa shape index (κ1) is 25.8. The number of likely N-dealkylation sites (N-methyl/N-ethyl adjacent to an activating group) is 1. The van der Waals surface area contributed by atoms with E-state index in [1.165, 1.54) is 7.05 Å². The third kappa shape index (κ3) is 5.31. The smallest absolute Gasteiger partial charge is 0.475 e. The number of guanidine groups is 1. The minimum Gasteiger partial charge on any atom is -0.475 e. The van der Waals surface area contributed by atoms with E-state index in [0.717, 1.165) is 4.90 Å². The van der Waals surface area contributed by atoms with Crippen LogP contribution in [0.4, 0.5) is 18.0 Å². The van der Waals surface area contributed by atoms with Crippen molar-refractivity contribution in [1.82, 2.24) is 15.1 Å². The Labute approximate surface area is 191 Å². The highest BCUT2D eigenvalue weighted by Crippen LogP contribution is 2.36. The number of nitrogens with zero attached hydrogens (tertiary/aromatic N) is 2. The molecule has 13 heteroatoms. The summed E-state index contributed by atoms with van der Waals surface area (Å²) in [4.78, 5) is 49.2. The maximum absolute atomic E-state index is 13.3. The van der Waals surface area contributed by atoms with Gasteiger partial charge < -0.3 is 21.1 Å². The molecule has 1 fully saturated rings. The lowest BCUT2D eigenvalue weighted by molar-refractivity contribution is -0.192. The molecule has 5 N–H and O–H groups in total. The summed E-state index contributed by atoms with van der Waals surface area (Å²) < 4.78 is 31.7. The molecule has 0 atom stereocenters. The van der Waals surface area contributed by atoms with Gasteiger partial charge >= 0.3 is 18.2 Å². The van der Waals surface area contributed by atoms with Crippen LogP contribution in [0.25, 0.3) is 0 Å². The quantitative estimate of drug-likeness (QED) is 0.294. The third-order valence-electron chi connectivity index (χ3n) is 4.71. The Balaban J connectivity index is 0.000000509. The standard InChI is InChI=1S/C19H19N5O3.C2HF3O2/c1-23(17(20)21)12-15(25)24-16(26)19(22-18(24)27,13-8-4-2-5-9-13)14-10-6-3-7-11-14;3-2(4,5)1(6)7/h2-11H,12H2,1H3,(H3,20,21)(H,22,27);(H,6,7). The number of hydrogen-bond acceptors (Lipinski definition) is 5. The number of carboxylic acid groups (broad SMARTS) is 1. The zero-order chi connectivity index (χ0) is 25.7. The van der Waals surface area contributed by atoms with Crippen molar-refractivity contribution in [2.24, 2.45) is 5.73 Å². The fraction of sp³-hybridized carbons (Fsp3) is 0.190. The van der Waals surface area contributed by atoms with Crippen molar-refractivity contribution in [3.8, 4) is 0 Å². The number of halogens is 3. The Morgan fingerprint density at radius 2 is 1.47 bits per heavy atom. The number of alkyl halides is 3. The average Bonchev–Trinajstić information content (AvgIpc) is 3.05. The van der Waals surface area contributed by atoms with Crippen LogP contribution in [-0.2, 0) is 19.9 Å². The lowest BCUT2D eigenvalue weighted by atomic mass is 9.82. The molecule has 0 spiro atoms. The van der Waals surface area contributed by atoms with Gasteiger partial charge in [0.2, 0.25) is 0 Å². The van der Waals surface area contributed by atoms with Crippen LogP contribution in [0.2, 0.25) is 0 Å². The van der Waals surface area contributed by atoms with Crippen LogP contribution >= 0.6 is 0 Å². The molecule has 10 nitrogen and oxygen atoms in total. The van der Waals surface area contributed by atoms with E-state index in [4.69, 9.17) is 21.0 Å². The van der Waals surface area contributed by atoms with E-state index in [0.29, 0.717) is 16.0 Å². The Hall–Kier alpha value is -4.42. The highest BCUT2D eigenvalue weighted by atomic mass is 19.4. The van der Waals surface area contributed by atoms with Gasteiger partial charge in [-0.05, 0) is 11.1 Å². The molecule has 0 bridgehead atoms. The number of urea groups is 1. The number of carbonyl (C=O) groups is 4. The molecule has 0 radical (unpaired) electrons. The summed E-state index contributed by atoms with van der Waals surface area (Å²) >= 11 is 0. The third-order valence-corrected chi connectivity index (χ3v) is 4.71. The van der Waals surface area contributed by atoms with Gasteiger partial charge in [0.15, 0.2) is 11.5 Å². The number of carboxylic acids is 1. The first-order chi connectivity index (χ1) is 15.8. The Morgan fingerprint density at radius 3 is 1.82 bits per heavy atom. The molecular weight excluding hydrogens is 459 g/mol. The number of nitrogens with one attached hydrogen (secondary N) is 2. The van der Waals surface area contributed by atoms with Gasteiger partial charge in [0.25, 0.3) is 11.8 Å². The molecule has 0 saturated carbocycles. The van der Waals surface area contributed by atoms with Crippen molar-refractivity contribution in [3.05, 3.63) is 71.8 Å². The van der Waals surface area contributed by atoms with Gasteiger partial charge in [-0.3, -0.25) is 15.0 Å². The molecule has 3 rings (SSSR count). The zero-order valence-electron chi connectivity index (χ0n) is 17.7. The zero-order valence-corrected chi connectivity index (χ0v) is 17.7. The van der Waals surface area contributed by atoms with Crippen LogP contribution in [0.15, 0.2) is 60.7 Å². The molecule has 2 aromatic rings. The molecule has 2 aromatic carbocycles. The van der Waals surface area contributed by atoms with Crippen LogP contribution in [0, 0.1) is 5.41 Å². The summed E-state index contributed by atoms with van der Waals surface area (Å²) in [6, 6.07) is 16.7. The van der Waals surface area contributed by atoms with Gasteiger partial charge in [-0.2, -0.15) is 18.1 Å². The van der Waals surface area contributed by atoms with Crippen molar-refractivity contribution in [2.75, 3.05) is 13.6 Å². The minimum atomic E-state index is -5.08. The van der Waals surface area contributed by atoms with Crippen molar-refractivity contribution in [3.63, 3.8) is 0 Å². The molecule has 1 aliphatic heterocycles. The van der Waals surface area contributed by atoms with E-state index in [2.05, 4.69) is 5.32 Å². The Kier molecular flexibility index (Phi) is 7.61. The van der Waals surface area contributed by atoms with Gasteiger partial charge in [0.1, 0.15) is 6.54 Å². The molecule has 180 valence electrons. The highest BCUT2D eigenvalue weighted by Gasteiger charge is 2.55. The summed E-state index contributed by atoms with van der Waals surface area (Å²) in [5.74, 6) is -4.55. The largest absolute Gasteiger partial charge is 0.490 e. The number of carbonyl (C=O) groups excluding carboxylic acids is 3. The first-order valence-corrected chi connectivity index (χ1v) is 9.48. The van der Waals surface area contributed by atoms with E-state index < -0.39 is 35.5 Å². The number of nitrogens with two attached hydrogens (primary N) is 1. The number of hydrogen-bond donors (Lipinski definition) is 4. The molecule has 0 aromatic heterocycles. The number of amides is 4. The van der Waals surface area contributed by atoms with E-state index in [1.54, 1.807) is 60.7 Å². The second-order valence-electron chi connectivity index (χ2n) is 6.99. The summed E-state index contributed by atoms with van der Waals surface area (Å²) in [7, 11) is 1.43. The fourth-order valence-electron chi connectivity index (χ4n) is 3.05. The number of aliphatic carboxylic acids is 1. The van der Waals surface area contributed by atoms with E-state index in [-0.39, 0.29) is 12.5 Å². The van der Waals surface area contributed by atoms with Crippen LogP contribution in [0.5, 0.6) is 0 Å². The van der Waals surface area contributed by atoms with Crippen LogP contribution in [0.1, 0.15) is 11.1 Å². The molecule has 0 unspecified atom stereocenters. The van der Waals surface area contributed by atoms with Crippen LogP contribution in [0.3, 0.4) is 0 Å².